The van der Waals surface area contributed by atoms with Gasteiger partial charge in [-0.3, -0.25) is 14.9 Å². The third kappa shape index (κ3) is 2.76. The van der Waals surface area contributed by atoms with Crippen LogP contribution in [0.1, 0.15) is 24.2 Å². The molecule has 0 radical (unpaired) electrons. The second-order valence-electron chi connectivity index (χ2n) is 5.24. The third-order valence-corrected chi connectivity index (χ3v) is 3.51. The van der Waals surface area contributed by atoms with E-state index in [0.29, 0.717) is 19.8 Å². The molecule has 0 atom stereocenters. The topological polar surface area (TPSA) is 72.7 Å². The van der Waals surface area contributed by atoms with E-state index in [-0.39, 0.29) is 22.2 Å². The number of carbonyl (C=O) groups excluding carboxylic acids is 1. The monoisotopic (exact) mass is 298 g/mol. The number of amides is 1. The zero-order chi connectivity index (χ0) is 14.9. The van der Waals surface area contributed by atoms with Crippen LogP contribution < -0.4 is 0 Å². The summed E-state index contributed by atoms with van der Waals surface area (Å²) in [5.41, 5.74) is -0.720. The number of benzene rings is 1. The molecule has 1 aliphatic heterocycles. The molecule has 7 heteroatoms. The van der Waals surface area contributed by atoms with Gasteiger partial charge in [0.1, 0.15) is 5.56 Å². The maximum Gasteiger partial charge on any atom is 0.283 e. The van der Waals surface area contributed by atoms with Crippen LogP contribution in [0.25, 0.3) is 0 Å². The zero-order valence-electron chi connectivity index (χ0n) is 11.3. The Kier molecular flexibility index (Phi) is 3.96. The average Bonchev–Trinajstić information content (AvgIpc) is 2.37. The number of carbonyl (C=O) groups is 1. The van der Waals surface area contributed by atoms with Crippen molar-refractivity contribution < 1.29 is 14.5 Å². The lowest BCUT2D eigenvalue weighted by atomic mass is 10.0. The summed E-state index contributed by atoms with van der Waals surface area (Å²) in [7, 11) is 0. The number of nitrogens with zero attached hydrogens (tertiary/aromatic N) is 2. The molecule has 0 N–H and O–H groups in total. The molecule has 6 nitrogen and oxygen atoms in total. The predicted octanol–water partition coefficient (Wildman–Crippen LogP) is 2.50. The van der Waals surface area contributed by atoms with E-state index in [1.807, 2.05) is 13.8 Å². The number of nitro groups is 1. The first-order chi connectivity index (χ1) is 9.33. The van der Waals surface area contributed by atoms with Gasteiger partial charge in [-0.25, -0.2) is 0 Å². The van der Waals surface area contributed by atoms with Gasteiger partial charge in [0.15, 0.2) is 0 Å². The summed E-state index contributed by atoms with van der Waals surface area (Å²) in [6, 6.07) is 4.08. The van der Waals surface area contributed by atoms with Crippen molar-refractivity contribution in [2.75, 3.05) is 19.8 Å². The summed E-state index contributed by atoms with van der Waals surface area (Å²) >= 11 is 5.76. The molecule has 1 heterocycles. The lowest BCUT2D eigenvalue weighted by molar-refractivity contribution is -0.385. The van der Waals surface area contributed by atoms with Crippen molar-refractivity contribution in [3.8, 4) is 0 Å². The fraction of sp³-hybridized carbons (Fsp3) is 0.462. The number of hydrogen-bond donors (Lipinski definition) is 0. The Hall–Kier alpha value is -1.66. The molecule has 108 valence electrons. The molecule has 0 unspecified atom stereocenters. The fourth-order valence-corrected chi connectivity index (χ4v) is 2.38. The number of morpholine rings is 1. The zero-order valence-corrected chi connectivity index (χ0v) is 12.0. The van der Waals surface area contributed by atoms with E-state index in [1.165, 1.54) is 18.2 Å². The Labute approximate surface area is 121 Å². The largest absolute Gasteiger partial charge is 0.377 e. The van der Waals surface area contributed by atoms with Gasteiger partial charge in [0, 0.05) is 17.6 Å². The first kappa shape index (κ1) is 14.7. The van der Waals surface area contributed by atoms with E-state index >= 15 is 0 Å². The molecular formula is C13H15ClN2O4. The minimum Gasteiger partial charge on any atom is -0.377 e. The maximum absolute atomic E-state index is 12.6. The summed E-state index contributed by atoms with van der Waals surface area (Å²) in [5, 5.41) is 11.3. The highest BCUT2D eigenvalue weighted by Gasteiger charge is 2.36. The van der Waals surface area contributed by atoms with Gasteiger partial charge in [0.2, 0.25) is 0 Å². The Bertz CT molecular complexity index is 559. The molecule has 1 saturated heterocycles. The quantitative estimate of drug-likeness (QED) is 0.621. The van der Waals surface area contributed by atoms with Crippen molar-refractivity contribution in [1.82, 2.24) is 4.90 Å². The maximum atomic E-state index is 12.6. The normalized spacial score (nSPS) is 17.9. The van der Waals surface area contributed by atoms with Crippen LogP contribution in [0.4, 0.5) is 5.69 Å². The number of hydrogen-bond acceptors (Lipinski definition) is 4. The first-order valence-electron chi connectivity index (χ1n) is 6.16. The van der Waals surface area contributed by atoms with E-state index < -0.39 is 10.5 Å². The molecule has 2 rings (SSSR count). The molecule has 20 heavy (non-hydrogen) atoms. The van der Waals surface area contributed by atoms with Crippen molar-refractivity contribution in [3.05, 3.63) is 38.9 Å². The van der Waals surface area contributed by atoms with E-state index in [9.17, 15) is 14.9 Å². The number of halogens is 1. The van der Waals surface area contributed by atoms with Gasteiger partial charge in [-0.15, -0.1) is 0 Å². The van der Waals surface area contributed by atoms with Crippen molar-refractivity contribution in [2.24, 2.45) is 0 Å². The average molecular weight is 299 g/mol. The number of ether oxygens (including phenoxy) is 1. The van der Waals surface area contributed by atoms with Gasteiger partial charge < -0.3 is 9.64 Å². The smallest absolute Gasteiger partial charge is 0.283 e. The highest BCUT2D eigenvalue weighted by molar-refractivity contribution is 6.31. The SMILES string of the molecule is CC1(C)COCCN1C(=O)c1ccc(Cl)cc1[N+](=O)[O-]. The molecule has 1 aromatic carbocycles. The lowest BCUT2D eigenvalue weighted by Crippen LogP contribution is -2.55. The van der Waals surface area contributed by atoms with Crippen molar-refractivity contribution >= 4 is 23.2 Å². The van der Waals surface area contributed by atoms with Crippen LogP contribution in [0.3, 0.4) is 0 Å². The molecule has 1 fully saturated rings. The van der Waals surface area contributed by atoms with Crippen molar-refractivity contribution in [3.63, 3.8) is 0 Å². The molecule has 0 bridgehead atoms. The lowest BCUT2D eigenvalue weighted by Gasteiger charge is -2.42. The van der Waals surface area contributed by atoms with Crippen LogP contribution in [0, 0.1) is 10.1 Å². The number of rotatable bonds is 2. The summed E-state index contributed by atoms with van der Waals surface area (Å²) in [4.78, 5) is 24.7. The standard InChI is InChI=1S/C13H15ClN2O4/c1-13(2)8-20-6-5-15(13)12(17)10-4-3-9(14)7-11(10)16(18)19/h3-4,7H,5-6,8H2,1-2H3. The van der Waals surface area contributed by atoms with Gasteiger partial charge >= 0.3 is 0 Å². The highest BCUT2D eigenvalue weighted by Crippen LogP contribution is 2.28. The van der Waals surface area contributed by atoms with Crippen LogP contribution >= 0.6 is 11.6 Å². The minimum absolute atomic E-state index is 0.0503. The van der Waals surface area contributed by atoms with Crippen LogP contribution in [0.5, 0.6) is 0 Å². The molecule has 0 aliphatic carbocycles. The summed E-state index contributed by atoms with van der Waals surface area (Å²) < 4.78 is 5.35. The third-order valence-electron chi connectivity index (χ3n) is 3.28. The number of nitro benzene ring substituents is 1. The van der Waals surface area contributed by atoms with E-state index in [1.54, 1.807) is 4.90 Å². The van der Waals surface area contributed by atoms with Gasteiger partial charge in [-0.05, 0) is 26.0 Å². The van der Waals surface area contributed by atoms with Crippen LogP contribution in [-0.4, -0.2) is 41.0 Å². The van der Waals surface area contributed by atoms with Crippen LogP contribution in [0.15, 0.2) is 18.2 Å². The Morgan fingerprint density at radius 1 is 1.50 bits per heavy atom. The van der Waals surface area contributed by atoms with Gasteiger partial charge in [-0.2, -0.15) is 0 Å². The predicted molar refractivity (Wildman–Crippen MR) is 74.0 cm³/mol. The van der Waals surface area contributed by atoms with Gasteiger partial charge in [0.25, 0.3) is 11.6 Å². The molecule has 0 aromatic heterocycles. The van der Waals surface area contributed by atoms with E-state index in [0.717, 1.165) is 0 Å². The first-order valence-corrected chi connectivity index (χ1v) is 6.54. The second kappa shape index (κ2) is 5.38. The molecule has 1 amide bonds. The molecule has 1 aromatic rings. The van der Waals surface area contributed by atoms with Gasteiger partial charge in [-0.1, -0.05) is 11.6 Å². The Balaban J connectivity index is 2.40. The minimum atomic E-state index is -0.591. The van der Waals surface area contributed by atoms with Gasteiger partial charge in [0.05, 0.1) is 23.7 Å². The van der Waals surface area contributed by atoms with E-state index in [2.05, 4.69) is 0 Å². The van der Waals surface area contributed by atoms with Crippen molar-refractivity contribution in [1.29, 1.82) is 0 Å². The van der Waals surface area contributed by atoms with E-state index in [4.69, 9.17) is 16.3 Å². The Morgan fingerprint density at radius 2 is 2.20 bits per heavy atom. The second-order valence-corrected chi connectivity index (χ2v) is 5.68. The van der Waals surface area contributed by atoms with Crippen LogP contribution in [-0.2, 0) is 4.74 Å². The summed E-state index contributed by atoms with van der Waals surface area (Å²) in [5.74, 6) is -0.373. The fourth-order valence-electron chi connectivity index (χ4n) is 2.22. The van der Waals surface area contributed by atoms with Crippen molar-refractivity contribution in [2.45, 2.75) is 19.4 Å². The van der Waals surface area contributed by atoms with Crippen LogP contribution in [0.2, 0.25) is 5.02 Å². The summed E-state index contributed by atoms with van der Waals surface area (Å²) in [6.45, 7) is 4.97. The molecule has 1 aliphatic rings. The highest BCUT2D eigenvalue weighted by atomic mass is 35.5. The Morgan fingerprint density at radius 3 is 2.80 bits per heavy atom. The molecule has 0 spiro atoms. The summed E-state index contributed by atoms with van der Waals surface area (Å²) in [6.07, 6.45) is 0. The molecule has 0 saturated carbocycles. The molecular weight excluding hydrogens is 284 g/mol.